The van der Waals surface area contributed by atoms with Crippen molar-refractivity contribution in [1.29, 1.82) is 0 Å². The highest BCUT2D eigenvalue weighted by molar-refractivity contribution is 5.75. The van der Waals surface area contributed by atoms with Crippen LogP contribution >= 0.6 is 0 Å². The molecule has 0 aliphatic carbocycles. The zero-order chi connectivity index (χ0) is 11.8. The second-order valence-corrected chi connectivity index (χ2v) is 4.26. The number of H-pyrrole nitrogens is 1. The van der Waals surface area contributed by atoms with Gasteiger partial charge in [-0.3, -0.25) is 0 Å². The number of benzene rings is 1. The predicted molar refractivity (Wildman–Crippen MR) is 58.6 cm³/mol. The summed E-state index contributed by atoms with van der Waals surface area (Å²) in [6.45, 7) is 0.713. The summed E-state index contributed by atoms with van der Waals surface area (Å²) in [4.78, 5) is 7.24. The maximum Gasteiger partial charge on any atom is 0.161 e. The Hall–Kier alpha value is -1.49. The Morgan fingerprint density at radius 1 is 1.24 bits per heavy atom. The molecular weight excluding hydrogens is 226 g/mol. The number of fused-ring (bicyclic) bond motifs is 1. The van der Waals surface area contributed by atoms with Gasteiger partial charge in [0.15, 0.2) is 11.6 Å². The van der Waals surface area contributed by atoms with Gasteiger partial charge in [0.05, 0.1) is 11.0 Å². The Morgan fingerprint density at radius 2 is 2.06 bits per heavy atom. The Kier molecular flexibility index (Phi) is 2.55. The summed E-state index contributed by atoms with van der Waals surface area (Å²) < 4.78 is 31.7. The standard InChI is InChI=1S/C12H12F2N2O/c13-7-5-9-10(6-8(7)14)16-12(15-9)11-3-1-2-4-17-11/h5-6,11H,1-4H2,(H,15,16). The molecule has 1 fully saturated rings. The minimum Gasteiger partial charge on any atom is -0.370 e. The molecule has 90 valence electrons. The van der Waals surface area contributed by atoms with Gasteiger partial charge in [-0.15, -0.1) is 0 Å². The van der Waals surface area contributed by atoms with Crippen molar-refractivity contribution in [2.24, 2.45) is 0 Å². The van der Waals surface area contributed by atoms with Crippen molar-refractivity contribution in [2.45, 2.75) is 25.4 Å². The first-order valence-corrected chi connectivity index (χ1v) is 5.70. The second-order valence-electron chi connectivity index (χ2n) is 4.26. The number of nitrogens with zero attached hydrogens (tertiary/aromatic N) is 1. The molecule has 3 rings (SSSR count). The van der Waals surface area contributed by atoms with E-state index < -0.39 is 11.6 Å². The Morgan fingerprint density at radius 3 is 2.82 bits per heavy atom. The first-order chi connectivity index (χ1) is 8.24. The van der Waals surface area contributed by atoms with E-state index in [1.807, 2.05) is 0 Å². The average Bonchev–Trinajstić information content (AvgIpc) is 2.74. The van der Waals surface area contributed by atoms with E-state index in [1.165, 1.54) is 0 Å². The predicted octanol–water partition coefficient (Wildman–Crippen LogP) is 3.08. The Labute approximate surface area is 96.8 Å². The van der Waals surface area contributed by atoms with Crippen LogP contribution in [0.25, 0.3) is 11.0 Å². The van der Waals surface area contributed by atoms with Crippen LogP contribution in [0.5, 0.6) is 0 Å². The lowest BCUT2D eigenvalue weighted by Gasteiger charge is -2.20. The minimum absolute atomic E-state index is 0.0812. The smallest absolute Gasteiger partial charge is 0.161 e. The zero-order valence-corrected chi connectivity index (χ0v) is 9.17. The van der Waals surface area contributed by atoms with Gasteiger partial charge in [-0.25, -0.2) is 13.8 Å². The van der Waals surface area contributed by atoms with Gasteiger partial charge < -0.3 is 9.72 Å². The van der Waals surface area contributed by atoms with Gasteiger partial charge in [0.25, 0.3) is 0 Å². The summed E-state index contributed by atoms with van der Waals surface area (Å²) in [6.07, 6.45) is 2.96. The van der Waals surface area contributed by atoms with Crippen LogP contribution in [0.2, 0.25) is 0 Å². The molecule has 0 bridgehead atoms. The van der Waals surface area contributed by atoms with Gasteiger partial charge in [-0.2, -0.15) is 0 Å². The summed E-state index contributed by atoms with van der Waals surface area (Å²) >= 11 is 0. The van der Waals surface area contributed by atoms with Gasteiger partial charge in [-0.1, -0.05) is 0 Å². The molecule has 1 aliphatic heterocycles. The summed E-state index contributed by atoms with van der Waals surface area (Å²) in [7, 11) is 0. The molecule has 1 atom stereocenters. The van der Waals surface area contributed by atoms with E-state index in [2.05, 4.69) is 9.97 Å². The first kappa shape index (κ1) is 10.7. The highest BCUT2D eigenvalue weighted by Crippen LogP contribution is 2.27. The number of aromatic nitrogens is 2. The lowest BCUT2D eigenvalue weighted by Crippen LogP contribution is -2.12. The van der Waals surface area contributed by atoms with E-state index in [0.29, 0.717) is 23.5 Å². The maximum absolute atomic E-state index is 13.0. The van der Waals surface area contributed by atoms with Gasteiger partial charge >= 0.3 is 0 Å². The fraction of sp³-hybridized carbons (Fsp3) is 0.417. The molecule has 0 radical (unpaired) electrons. The number of halogens is 2. The number of ether oxygens (including phenoxy) is 1. The molecule has 1 N–H and O–H groups in total. The molecule has 3 nitrogen and oxygen atoms in total. The fourth-order valence-electron chi connectivity index (χ4n) is 2.13. The van der Waals surface area contributed by atoms with Crippen molar-refractivity contribution in [3.05, 3.63) is 29.6 Å². The fourth-order valence-corrected chi connectivity index (χ4v) is 2.13. The molecule has 0 saturated carbocycles. The van der Waals surface area contributed by atoms with E-state index >= 15 is 0 Å². The van der Waals surface area contributed by atoms with Crippen molar-refractivity contribution in [3.63, 3.8) is 0 Å². The lowest BCUT2D eigenvalue weighted by atomic mass is 10.1. The number of hydrogen-bond acceptors (Lipinski definition) is 2. The number of imidazole rings is 1. The van der Waals surface area contributed by atoms with Crippen molar-refractivity contribution in [1.82, 2.24) is 9.97 Å². The van der Waals surface area contributed by atoms with E-state index in [4.69, 9.17) is 4.74 Å². The third-order valence-electron chi connectivity index (χ3n) is 3.03. The topological polar surface area (TPSA) is 37.9 Å². The van der Waals surface area contributed by atoms with Crippen molar-refractivity contribution in [3.8, 4) is 0 Å². The van der Waals surface area contributed by atoms with Crippen LogP contribution in [0.15, 0.2) is 12.1 Å². The first-order valence-electron chi connectivity index (χ1n) is 5.70. The third-order valence-corrected chi connectivity index (χ3v) is 3.03. The zero-order valence-electron chi connectivity index (χ0n) is 9.17. The monoisotopic (exact) mass is 238 g/mol. The number of hydrogen-bond donors (Lipinski definition) is 1. The quantitative estimate of drug-likeness (QED) is 0.829. The molecule has 5 heteroatoms. The summed E-state index contributed by atoms with van der Waals surface area (Å²) in [6, 6.07) is 2.23. The molecular formula is C12H12F2N2O. The summed E-state index contributed by atoms with van der Waals surface area (Å²) in [5, 5.41) is 0. The van der Waals surface area contributed by atoms with Gasteiger partial charge in [-0.05, 0) is 19.3 Å². The molecule has 1 aliphatic rings. The molecule has 2 aromatic rings. The number of aromatic amines is 1. The van der Waals surface area contributed by atoms with Crippen LogP contribution in [-0.4, -0.2) is 16.6 Å². The summed E-state index contributed by atoms with van der Waals surface area (Å²) in [5.74, 6) is -1.08. The van der Waals surface area contributed by atoms with Crippen LogP contribution < -0.4 is 0 Å². The largest absolute Gasteiger partial charge is 0.370 e. The minimum atomic E-state index is -0.875. The van der Waals surface area contributed by atoms with Crippen molar-refractivity contribution in [2.75, 3.05) is 6.61 Å². The highest BCUT2D eigenvalue weighted by Gasteiger charge is 2.20. The molecule has 17 heavy (non-hydrogen) atoms. The molecule has 0 amide bonds. The van der Waals surface area contributed by atoms with E-state index in [9.17, 15) is 8.78 Å². The Bertz CT molecular complexity index is 508. The second kappa shape index (κ2) is 4.07. The van der Waals surface area contributed by atoms with Crippen molar-refractivity contribution >= 4 is 11.0 Å². The third kappa shape index (κ3) is 1.91. The van der Waals surface area contributed by atoms with Crippen LogP contribution in [-0.2, 0) is 4.74 Å². The molecule has 1 saturated heterocycles. The van der Waals surface area contributed by atoms with Gasteiger partial charge in [0.2, 0.25) is 0 Å². The van der Waals surface area contributed by atoms with Crippen LogP contribution in [0.1, 0.15) is 31.2 Å². The van der Waals surface area contributed by atoms with Crippen LogP contribution in [0.4, 0.5) is 8.78 Å². The van der Waals surface area contributed by atoms with Crippen LogP contribution in [0, 0.1) is 11.6 Å². The maximum atomic E-state index is 13.0. The van der Waals surface area contributed by atoms with E-state index in [0.717, 1.165) is 31.4 Å². The molecule has 0 spiro atoms. The molecule has 1 aromatic carbocycles. The van der Waals surface area contributed by atoms with Crippen LogP contribution in [0.3, 0.4) is 0 Å². The normalized spacial score (nSPS) is 20.9. The van der Waals surface area contributed by atoms with Gasteiger partial charge in [0, 0.05) is 18.7 Å². The molecule has 2 heterocycles. The number of rotatable bonds is 1. The van der Waals surface area contributed by atoms with E-state index in [-0.39, 0.29) is 6.10 Å². The Balaban J connectivity index is 2.00. The van der Waals surface area contributed by atoms with Crippen molar-refractivity contribution < 1.29 is 13.5 Å². The lowest BCUT2D eigenvalue weighted by molar-refractivity contribution is 0.0101. The molecule has 1 unspecified atom stereocenters. The molecule has 1 aromatic heterocycles. The summed E-state index contributed by atoms with van der Waals surface area (Å²) in [5.41, 5.74) is 0.946. The SMILES string of the molecule is Fc1cc2nc(C3CCCCO3)[nH]c2cc1F. The van der Waals surface area contributed by atoms with Gasteiger partial charge in [0.1, 0.15) is 11.9 Å². The highest BCUT2D eigenvalue weighted by atomic mass is 19.2. The number of nitrogens with one attached hydrogen (secondary N) is 1. The average molecular weight is 238 g/mol. The van der Waals surface area contributed by atoms with E-state index in [1.54, 1.807) is 0 Å².